The van der Waals surface area contributed by atoms with Crippen molar-refractivity contribution in [1.29, 1.82) is 0 Å². The maximum atomic E-state index is 11.6. The average Bonchev–Trinajstić information content (AvgIpc) is 2.37. The summed E-state index contributed by atoms with van der Waals surface area (Å²) in [6.45, 7) is 0.548. The van der Waals surface area contributed by atoms with Crippen molar-refractivity contribution in [2.45, 2.75) is 13.0 Å². The summed E-state index contributed by atoms with van der Waals surface area (Å²) >= 11 is 0. The van der Waals surface area contributed by atoms with Crippen LogP contribution in [0.15, 0.2) is 24.3 Å². The lowest BCUT2D eigenvalue weighted by Crippen LogP contribution is -2.37. The van der Waals surface area contributed by atoms with Gasteiger partial charge in [0.05, 0.1) is 19.2 Å². The maximum absolute atomic E-state index is 11.6. The monoisotopic (exact) mass is 235 g/mol. The largest absolute Gasteiger partial charge is 0.469 e. The summed E-state index contributed by atoms with van der Waals surface area (Å²) in [6, 6.07) is 7.47. The molecule has 0 unspecified atom stereocenters. The van der Waals surface area contributed by atoms with Crippen molar-refractivity contribution in [3.05, 3.63) is 29.8 Å². The Morgan fingerprint density at radius 1 is 1.47 bits per heavy atom. The second kappa shape index (κ2) is 4.86. The number of carbonyl (C=O) groups is 2. The Morgan fingerprint density at radius 3 is 3.00 bits per heavy atom. The molecule has 0 atom stereocenters. The Morgan fingerprint density at radius 2 is 2.24 bits per heavy atom. The third-order valence-corrected chi connectivity index (χ3v) is 2.62. The molecule has 1 aromatic carbocycles. The van der Waals surface area contributed by atoms with E-state index in [4.69, 9.17) is 4.74 Å². The van der Waals surface area contributed by atoms with E-state index < -0.39 is 6.09 Å². The molecule has 5 nitrogen and oxygen atoms in total. The van der Waals surface area contributed by atoms with Crippen LogP contribution >= 0.6 is 0 Å². The molecule has 90 valence electrons. The van der Waals surface area contributed by atoms with Crippen molar-refractivity contribution in [1.82, 2.24) is 0 Å². The van der Waals surface area contributed by atoms with Crippen LogP contribution in [-0.4, -0.2) is 25.7 Å². The number of para-hydroxylation sites is 1. The molecular weight excluding hydrogens is 222 g/mol. The Kier molecular flexibility index (Phi) is 3.27. The number of hydrogen-bond acceptors (Lipinski definition) is 4. The van der Waals surface area contributed by atoms with Crippen LogP contribution in [0.1, 0.15) is 12.0 Å². The van der Waals surface area contributed by atoms with E-state index >= 15 is 0 Å². The van der Waals surface area contributed by atoms with E-state index in [1.807, 2.05) is 24.3 Å². The first-order valence-corrected chi connectivity index (χ1v) is 5.31. The number of ether oxygens (including phenoxy) is 2. The van der Waals surface area contributed by atoms with Gasteiger partial charge in [0.15, 0.2) is 0 Å². The highest BCUT2D eigenvalue weighted by atomic mass is 16.6. The van der Waals surface area contributed by atoms with Gasteiger partial charge >= 0.3 is 12.1 Å². The van der Waals surface area contributed by atoms with E-state index in [2.05, 4.69) is 4.74 Å². The van der Waals surface area contributed by atoms with Crippen molar-refractivity contribution in [2.75, 3.05) is 18.6 Å². The molecule has 0 saturated carbocycles. The first kappa shape index (κ1) is 11.4. The van der Waals surface area contributed by atoms with E-state index in [-0.39, 0.29) is 25.5 Å². The molecule has 0 saturated heterocycles. The summed E-state index contributed by atoms with van der Waals surface area (Å²) in [7, 11) is 1.32. The van der Waals surface area contributed by atoms with Gasteiger partial charge in [-0.3, -0.25) is 9.69 Å². The minimum Gasteiger partial charge on any atom is -0.469 e. The third-order valence-electron chi connectivity index (χ3n) is 2.62. The molecule has 0 N–H and O–H groups in total. The Hall–Kier alpha value is -2.04. The predicted octanol–water partition coefficient (Wildman–Crippen LogP) is 1.71. The van der Waals surface area contributed by atoms with Gasteiger partial charge in [-0.25, -0.2) is 4.79 Å². The molecule has 0 radical (unpaired) electrons. The number of anilines is 1. The number of hydrogen-bond donors (Lipinski definition) is 0. The molecule has 17 heavy (non-hydrogen) atoms. The molecule has 0 spiro atoms. The topological polar surface area (TPSA) is 55.8 Å². The molecule has 1 heterocycles. The number of rotatable bonds is 3. The molecule has 0 aromatic heterocycles. The minimum atomic E-state index is -0.424. The normalized spacial score (nSPS) is 13.9. The lowest BCUT2D eigenvalue weighted by atomic mass is 10.1. The smallest absolute Gasteiger partial charge is 0.414 e. The number of nitrogens with zero attached hydrogens (tertiary/aromatic N) is 1. The molecule has 1 aliphatic heterocycles. The van der Waals surface area contributed by atoms with Crippen LogP contribution < -0.4 is 4.90 Å². The number of fused-ring (bicyclic) bond motifs is 1. The average molecular weight is 235 g/mol. The fourth-order valence-electron chi connectivity index (χ4n) is 1.73. The zero-order valence-corrected chi connectivity index (χ0v) is 9.51. The maximum Gasteiger partial charge on any atom is 0.414 e. The summed E-state index contributed by atoms with van der Waals surface area (Å²) in [5.74, 6) is -0.346. The summed E-state index contributed by atoms with van der Waals surface area (Å²) in [6.07, 6.45) is -0.271. The molecule has 5 heteroatoms. The van der Waals surface area contributed by atoms with E-state index in [1.54, 1.807) is 0 Å². The molecule has 1 aliphatic rings. The van der Waals surface area contributed by atoms with Crippen molar-refractivity contribution in [3.8, 4) is 0 Å². The quantitative estimate of drug-likeness (QED) is 0.748. The molecule has 0 bridgehead atoms. The molecule has 2 rings (SSSR count). The SMILES string of the molecule is COC(=O)CCN1C(=O)OCc2ccccc21. The van der Waals surface area contributed by atoms with Gasteiger partial charge in [-0.05, 0) is 6.07 Å². The van der Waals surface area contributed by atoms with Crippen LogP contribution in [0.4, 0.5) is 10.5 Å². The predicted molar refractivity (Wildman–Crippen MR) is 60.6 cm³/mol. The third kappa shape index (κ3) is 2.38. The second-order valence-corrected chi connectivity index (χ2v) is 3.66. The van der Waals surface area contributed by atoms with Crippen LogP contribution in [-0.2, 0) is 20.9 Å². The summed E-state index contributed by atoms with van der Waals surface area (Å²) in [4.78, 5) is 24.1. The van der Waals surface area contributed by atoms with Gasteiger partial charge < -0.3 is 9.47 Å². The number of amides is 1. The van der Waals surface area contributed by atoms with E-state index in [1.165, 1.54) is 12.0 Å². The minimum absolute atomic E-state index is 0.153. The van der Waals surface area contributed by atoms with E-state index in [0.717, 1.165) is 11.3 Å². The van der Waals surface area contributed by atoms with Crippen LogP contribution in [0.3, 0.4) is 0 Å². The standard InChI is InChI=1S/C12H13NO4/c1-16-11(14)6-7-13-10-5-3-2-4-9(10)8-17-12(13)15/h2-5H,6-8H2,1H3. The van der Waals surface area contributed by atoms with Crippen molar-refractivity contribution in [3.63, 3.8) is 0 Å². The van der Waals surface area contributed by atoms with Crippen LogP contribution in [0, 0.1) is 0 Å². The van der Waals surface area contributed by atoms with Crippen molar-refractivity contribution < 1.29 is 19.1 Å². The van der Waals surface area contributed by atoms with Crippen LogP contribution in [0.5, 0.6) is 0 Å². The highest BCUT2D eigenvalue weighted by Gasteiger charge is 2.25. The number of carbonyl (C=O) groups excluding carboxylic acids is 2. The van der Waals surface area contributed by atoms with Gasteiger partial charge in [-0.1, -0.05) is 18.2 Å². The van der Waals surface area contributed by atoms with Crippen molar-refractivity contribution >= 4 is 17.7 Å². The highest BCUT2D eigenvalue weighted by Crippen LogP contribution is 2.26. The summed E-state index contributed by atoms with van der Waals surface area (Å²) in [5, 5.41) is 0. The van der Waals surface area contributed by atoms with Gasteiger partial charge in [0.1, 0.15) is 6.61 Å². The number of cyclic esters (lactones) is 1. The number of benzene rings is 1. The molecule has 1 aromatic rings. The fraction of sp³-hybridized carbons (Fsp3) is 0.333. The second-order valence-electron chi connectivity index (χ2n) is 3.66. The zero-order valence-electron chi connectivity index (χ0n) is 9.51. The molecule has 0 aliphatic carbocycles. The Balaban J connectivity index is 2.15. The molecule has 1 amide bonds. The number of methoxy groups -OCH3 is 1. The summed E-state index contributed by atoms with van der Waals surface area (Å²) < 4.78 is 9.56. The first-order chi connectivity index (χ1) is 8.22. The first-order valence-electron chi connectivity index (χ1n) is 5.31. The molecular formula is C12H13NO4. The van der Waals surface area contributed by atoms with Crippen molar-refractivity contribution in [2.24, 2.45) is 0 Å². The van der Waals surface area contributed by atoms with Crippen LogP contribution in [0.25, 0.3) is 0 Å². The van der Waals surface area contributed by atoms with Gasteiger partial charge in [0.2, 0.25) is 0 Å². The van der Waals surface area contributed by atoms with Gasteiger partial charge in [-0.15, -0.1) is 0 Å². The van der Waals surface area contributed by atoms with Gasteiger partial charge in [0.25, 0.3) is 0 Å². The lowest BCUT2D eigenvalue weighted by Gasteiger charge is -2.28. The van der Waals surface area contributed by atoms with Crippen LogP contribution in [0.2, 0.25) is 0 Å². The van der Waals surface area contributed by atoms with E-state index in [0.29, 0.717) is 0 Å². The molecule has 0 fully saturated rings. The number of esters is 1. The van der Waals surface area contributed by atoms with Gasteiger partial charge in [0, 0.05) is 12.1 Å². The summed E-state index contributed by atoms with van der Waals surface area (Å²) in [5.41, 5.74) is 1.74. The zero-order chi connectivity index (χ0) is 12.3. The Bertz CT molecular complexity index is 444. The van der Waals surface area contributed by atoms with E-state index in [9.17, 15) is 9.59 Å². The Labute approximate surface area is 98.9 Å². The fourth-order valence-corrected chi connectivity index (χ4v) is 1.73. The lowest BCUT2D eigenvalue weighted by molar-refractivity contribution is -0.140. The highest BCUT2D eigenvalue weighted by molar-refractivity contribution is 5.91. The van der Waals surface area contributed by atoms with Gasteiger partial charge in [-0.2, -0.15) is 0 Å².